The second-order valence-electron chi connectivity index (χ2n) is 4.93. The van der Waals surface area contributed by atoms with Crippen molar-refractivity contribution in [1.82, 2.24) is 9.97 Å². The molecule has 0 aliphatic heterocycles. The van der Waals surface area contributed by atoms with Crippen molar-refractivity contribution in [2.24, 2.45) is 0 Å². The molecule has 0 radical (unpaired) electrons. The maximum absolute atomic E-state index is 11.5. The molecule has 0 amide bonds. The summed E-state index contributed by atoms with van der Waals surface area (Å²) < 4.78 is 28.6. The minimum absolute atomic E-state index is 0.194. The van der Waals surface area contributed by atoms with Gasteiger partial charge in [-0.1, -0.05) is 6.07 Å². The summed E-state index contributed by atoms with van der Waals surface area (Å²) in [6, 6.07) is 9.02. The second-order valence-corrected chi connectivity index (χ2v) is 7.98. The molecular weight excluding hydrogens is 332 g/mol. The Balaban J connectivity index is 1.79. The number of hydrogen-bond donors (Lipinski definition) is 0. The molecular formula is C16H14N2O3S2. The molecule has 0 N–H and O–H groups in total. The molecule has 3 aromatic rings. The van der Waals surface area contributed by atoms with Gasteiger partial charge in [0.05, 0.1) is 16.8 Å². The lowest BCUT2D eigenvalue weighted by Gasteiger charge is -2.07. The highest BCUT2D eigenvalue weighted by atomic mass is 32.2. The van der Waals surface area contributed by atoms with Crippen LogP contribution in [-0.2, 0) is 16.4 Å². The fraction of sp³-hybridized carbons (Fsp3) is 0.125. The van der Waals surface area contributed by atoms with E-state index < -0.39 is 9.84 Å². The van der Waals surface area contributed by atoms with Crippen LogP contribution in [0.3, 0.4) is 0 Å². The first-order valence-electron chi connectivity index (χ1n) is 6.79. The first-order chi connectivity index (χ1) is 11.0. The zero-order valence-corrected chi connectivity index (χ0v) is 14.0. The predicted octanol–water partition coefficient (Wildman–Crippen LogP) is 3.19. The van der Waals surface area contributed by atoms with Crippen molar-refractivity contribution in [3.63, 3.8) is 0 Å². The number of ether oxygens (including phenoxy) is 1. The highest BCUT2D eigenvalue weighted by Crippen LogP contribution is 2.23. The molecule has 0 spiro atoms. The molecule has 3 rings (SSSR count). The van der Waals surface area contributed by atoms with E-state index in [9.17, 15) is 8.42 Å². The molecule has 0 atom stereocenters. The van der Waals surface area contributed by atoms with Gasteiger partial charge in [0.15, 0.2) is 9.84 Å². The summed E-state index contributed by atoms with van der Waals surface area (Å²) in [5.74, 6) is 0.643. The number of aromatic nitrogens is 2. The Labute approximate surface area is 138 Å². The van der Waals surface area contributed by atoms with Crippen LogP contribution in [0, 0.1) is 0 Å². The molecule has 118 valence electrons. The number of nitrogens with zero attached hydrogens (tertiary/aromatic N) is 2. The molecule has 7 heteroatoms. The molecule has 3 heterocycles. The molecule has 0 fully saturated rings. The van der Waals surface area contributed by atoms with Crippen LogP contribution in [-0.4, -0.2) is 24.6 Å². The topological polar surface area (TPSA) is 69.2 Å². The van der Waals surface area contributed by atoms with Gasteiger partial charge in [-0.25, -0.2) is 8.42 Å². The Morgan fingerprint density at radius 3 is 2.70 bits per heavy atom. The number of hydrogen-bond acceptors (Lipinski definition) is 6. The van der Waals surface area contributed by atoms with Gasteiger partial charge in [-0.05, 0) is 29.6 Å². The lowest BCUT2D eigenvalue weighted by molar-refractivity contribution is 0.308. The molecule has 0 aromatic carbocycles. The maximum Gasteiger partial charge on any atom is 0.177 e. The molecule has 0 unspecified atom stereocenters. The van der Waals surface area contributed by atoms with Crippen LogP contribution in [0.25, 0.3) is 11.3 Å². The summed E-state index contributed by atoms with van der Waals surface area (Å²) in [5, 5.41) is 2.00. The van der Waals surface area contributed by atoms with Gasteiger partial charge in [0, 0.05) is 29.1 Å². The average molecular weight is 346 g/mol. The molecule has 0 aliphatic carbocycles. The second kappa shape index (κ2) is 6.47. The van der Waals surface area contributed by atoms with Crippen molar-refractivity contribution in [3.05, 3.63) is 59.2 Å². The maximum atomic E-state index is 11.5. The minimum Gasteiger partial charge on any atom is -0.486 e. The van der Waals surface area contributed by atoms with Crippen LogP contribution < -0.4 is 4.74 Å². The smallest absolute Gasteiger partial charge is 0.177 e. The lowest BCUT2D eigenvalue weighted by Crippen LogP contribution is -1.98. The number of pyridine rings is 2. The van der Waals surface area contributed by atoms with Crippen molar-refractivity contribution in [3.8, 4) is 17.0 Å². The van der Waals surface area contributed by atoms with E-state index in [1.165, 1.54) is 12.3 Å². The van der Waals surface area contributed by atoms with E-state index in [1.54, 1.807) is 29.8 Å². The average Bonchev–Trinajstić information content (AvgIpc) is 3.06. The summed E-state index contributed by atoms with van der Waals surface area (Å²) in [6.07, 6.45) is 5.82. The van der Waals surface area contributed by atoms with Gasteiger partial charge in [0.25, 0.3) is 0 Å². The zero-order valence-electron chi connectivity index (χ0n) is 12.3. The Morgan fingerprint density at radius 1 is 1.17 bits per heavy atom. The van der Waals surface area contributed by atoms with Crippen molar-refractivity contribution in [2.45, 2.75) is 11.5 Å². The van der Waals surface area contributed by atoms with E-state index in [0.29, 0.717) is 18.1 Å². The van der Waals surface area contributed by atoms with Gasteiger partial charge in [0.1, 0.15) is 12.4 Å². The Bertz CT molecular complexity index is 889. The third-order valence-electron chi connectivity index (χ3n) is 3.13. The summed E-state index contributed by atoms with van der Waals surface area (Å²) in [5.41, 5.74) is 1.42. The molecule has 23 heavy (non-hydrogen) atoms. The van der Waals surface area contributed by atoms with Gasteiger partial charge in [-0.2, -0.15) is 0 Å². The molecule has 0 saturated carbocycles. The highest BCUT2D eigenvalue weighted by Gasteiger charge is 2.09. The minimum atomic E-state index is -3.25. The van der Waals surface area contributed by atoms with Gasteiger partial charge >= 0.3 is 0 Å². The fourth-order valence-corrected chi connectivity index (χ4v) is 3.13. The van der Waals surface area contributed by atoms with Crippen molar-refractivity contribution >= 4 is 21.2 Å². The summed E-state index contributed by atoms with van der Waals surface area (Å²) in [4.78, 5) is 9.67. The standard InChI is InChI=1S/C16H14N2O3S2/c1-23(19,20)15-4-5-16(18-10-15)12-7-13(9-17-8-12)21-11-14-3-2-6-22-14/h2-10H,11H2,1H3. The quantitative estimate of drug-likeness (QED) is 0.710. The molecule has 5 nitrogen and oxygen atoms in total. The van der Waals surface area contributed by atoms with Gasteiger partial charge in [-0.15, -0.1) is 11.3 Å². The van der Waals surface area contributed by atoms with E-state index in [1.807, 2.05) is 23.6 Å². The van der Waals surface area contributed by atoms with Crippen molar-refractivity contribution in [1.29, 1.82) is 0 Å². The fourth-order valence-electron chi connectivity index (χ4n) is 1.96. The van der Waals surface area contributed by atoms with E-state index in [2.05, 4.69) is 9.97 Å². The third kappa shape index (κ3) is 3.94. The molecule has 0 saturated heterocycles. The zero-order chi connectivity index (χ0) is 16.3. The predicted molar refractivity (Wildman–Crippen MR) is 89.2 cm³/mol. The van der Waals surface area contributed by atoms with Crippen LogP contribution in [0.15, 0.2) is 59.2 Å². The summed E-state index contributed by atoms with van der Waals surface area (Å²) in [7, 11) is -3.25. The Morgan fingerprint density at radius 2 is 2.04 bits per heavy atom. The van der Waals surface area contributed by atoms with Gasteiger partial charge in [0.2, 0.25) is 0 Å². The Hall–Kier alpha value is -2.25. The van der Waals surface area contributed by atoms with Crippen LogP contribution >= 0.6 is 11.3 Å². The Kier molecular flexibility index (Phi) is 4.40. The van der Waals surface area contributed by atoms with Gasteiger partial charge < -0.3 is 4.74 Å². The molecule has 3 aromatic heterocycles. The van der Waals surface area contributed by atoms with Crippen LogP contribution in [0.2, 0.25) is 0 Å². The van der Waals surface area contributed by atoms with E-state index in [0.717, 1.165) is 16.7 Å². The van der Waals surface area contributed by atoms with E-state index in [4.69, 9.17) is 4.74 Å². The van der Waals surface area contributed by atoms with E-state index in [-0.39, 0.29) is 4.90 Å². The summed E-state index contributed by atoms with van der Waals surface area (Å²) in [6.45, 7) is 0.489. The highest BCUT2D eigenvalue weighted by molar-refractivity contribution is 7.90. The molecule has 0 bridgehead atoms. The van der Waals surface area contributed by atoms with E-state index >= 15 is 0 Å². The van der Waals surface area contributed by atoms with Crippen LogP contribution in [0.5, 0.6) is 5.75 Å². The number of thiophene rings is 1. The van der Waals surface area contributed by atoms with Crippen molar-refractivity contribution < 1.29 is 13.2 Å². The number of rotatable bonds is 5. The third-order valence-corrected chi connectivity index (χ3v) is 5.08. The molecule has 0 aliphatic rings. The number of sulfone groups is 1. The van der Waals surface area contributed by atoms with Crippen molar-refractivity contribution in [2.75, 3.05) is 6.26 Å². The van der Waals surface area contributed by atoms with Gasteiger partial charge in [-0.3, -0.25) is 9.97 Å². The van der Waals surface area contributed by atoms with Crippen LogP contribution in [0.1, 0.15) is 4.88 Å². The largest absolute Gasteiger partial charge is 0.486 e. The summed E-state index contributed by atoms with van der Waals surface area (Å²) >= 11 is 1.63. The SMILES string of the molecule is CS(=O)(=O)c1ccc(-c2cncc(OCc3cccs3)c2)nc1. The first kappa shape index (κ1) is 15.6. The first-order valence-corrected chi connectivity index (χ1v) is 9.56. The lowest BCUT2D eigenvalue weighted by atomic mass is 10.2. The monoisotopic (exact) mass is 346 g/mol. The normalized spacial score (nSPS) is 11.3. The van der Waals surface area contributed by atoms with Crippen LogP contribution in [0.4, 0.5) is 0 Å².